The first-order valence-electron chi connectivity index (χ1n) is 19.6. The molecule has 3 amide bonds. The summed E-state index contributed by atoms with van der Waals surface area (Å²) in [7, 11) is -2.21. The van der Waals surface area contributed by atoms with Crippen LogP contribution in [0.3, 0.4) is 0 Å². The van der Waals surface area contributed by atoms with Crippen LogP contribution in [0.25, 0.3) is 22.2 Å². The quantitative estimate of drug-likeness (QED) is 0.211. The van der Waals surface area contributed by atoms with Crippen LogP contribution in [0, 0.1) is 17.3 Å². The number of ketones is 1. The minimum absolute atomic E-state index is 0.0154. The monoisotopic (exact) mass is 774 g/mol. The van der Waals surface area contributed by atoms with E-state index >= 15 is 0 Å². The molecule has 1 aliphatic carbocycles. The molecule has 3 fully saturated rings. The van der Waals surface area contributed by atoms with Gasteiger partial charge in [-0.05, 0) is 56.1 Å². The van der Waals surface area contributed by atoms with Crippen molar-refractivity contribution in [2.24, 2.45) is 17.3 Å². The Morgan fingerprint density at radius 2 is 1.67 bits per heavy atom. The molecule has 296 valence electrons. The Bertz CT molecular complexity index is 2000. The lowest BCUT2D eigenvalue weighted by Crippen LogP contribution is -2.49. The van der Waals surface area contributed by atoms with Crippen LogP contribution >= 0.6 is 0 Å². The average Bonchev–Trinajstić information content (AvgIpc) is 3.96. The van der Waals surface area contributed by atoms with Gasteiger partial charge in [0.2, 0.25) is 27.7 Å². The van der Waals surface area contributed by atoms with E-state index in [1.807, 2.05) is 80.3 Å². The molecule has 1 saturated carbocycles. The molecule has 12 nitrogen and oxygen atoms in total. The maximum atomic E-state index is 14.8. The molecule has 0 bridgehead atoms. The summed E-state index contributed by atoms with van der Waals surface area (Å²) in [5.41, 5.74) is 1.60. The highest BCUT2D eigenvalue weighted by molar-refractivity contribution is 7.90. The number of nitrogens with zero attached hydrogens (tertiary/aromatic N) is 3. The second-order valence-electron chi connectivity index (χ2n) is 16.3. The van der Waals surface area contributed by atoms with Crippen LogP contribution in [0.15, 0.2) is 54.6 Å². The molecule has 2 aliphatic heterocycles. The number of hydrogen-bond acceptors (Lipinski definition) is 9. The number of sulfonamides is 1. The van der Waals surface area contributed by atoms with Gasteiger partial charge in [-0.15, -0.1) is 0 Å². The van der Waals surface area contributed by atoms with Gasteiger partial charge in [0.25, 0.3) is 0 Å². The van der Waals surface area contributed by atoms with Crippen molar-refractivity contribution in [2.45, 2.75) is 103 Å². The third-order valence-corrected chi connectivity index (χ3v) is 13.0. The van der Waals surface area contributed by atoms with Gasteiger partial charge in [-0.25, -0.2) is 13.4 Å². The number of piperidine rings is 1. The second-order valence-corrected chi connectivity index (χ2v) is 18.2. The fourth-order valence-electron chi connectivity index (χ4n) is 7.67. The number of hydrogen-bond donors (Lipinski definition) is 1. The van der Waals surface area contributed by atoms with Crippen LogP contribution < -0.4 is 14.2 Å². The first kappa shape index (κ1) is 40.2. The van der Waals surface area contributed by atoms with Crippen molar-refractivity contribution in [3.8, 4) is 22.8 Å². The maximum Gasteiger partial charge on any atom is 0.237 e. The topological polar surface area (TPSA) is 152 Å². The number of likely N-dealkylation sites (tertiary alicyclic amines) is 2. The fraction of sp³-hybridized carbons (Fsp3) is 0.548. The van der Waals surface area contributed by atoms with Crippen molar-refractivity contribution in [1.82, 2.24) is 19.5 Å². The molecule has 6 rings (SSSR count). The highest BCUT2D eigenvalue weighted by atomic mass is 32.2. The predicted octanol–water partition coefficient (Wildman–Crippen LogP) is 5.92. The molecule has 0 unspecified atom stereocenters. The number of aromatic nitrogens is 1. The van der Waals surface area contributed by atoms with Gasteiger partial charge in [-0.2, -0.15) is 0 Å². The summed E-state index contributed by atoms with van der Waals surface area (Å²) in [6.45, 7) is 8.94. The van der Waals surface area contributed by atoms with E-state index in [9.17, 15) is 27.6 Å². The van der Waals surface area contributed by atoms with E-state index in [2.05, 4.69) is 4.72 Å². The van der Waals surface area contributed by atoms with Crippen molar-refractivity contribution in [2.75, 3.05) is 26.7 Å². The molecule has 3 aliphatic rings. The zero-order valence-corrected chi connectivity index (χ0v) is 33.4. The molecule has 2 aromatic carbocycles. The molecule has 3 heterocycles. The third kappa shape index (κ3) is 9.48. The number of methoxy groups -OCH3 is 1. The summed E-state index contributed by atoms with van der Waals surface area (Å²) >= 11 is 0. The Labute approximate surface area is 324 Å². The Hall–Kier alpha value is -4.52. The van der Waals surface area contributed by atoms with Gasteiger partial charge >= 0.3 is 0 Å². The molecular formula is C42H54N4O8S. The average molecular weight is 775 g/mol. The standard InChI is InChI=1S/C42H54N4O8S/c1-6-27(40(49)44-55(51,52)31-16-17-31)21-37(47)36-23-30(26-46(36)41(50)33(42(2,3)4)24-39(48)45-19-11-8-12-20-45)54-38-25-34(28-13-9-7-10-14-28)43-35-22-29(53-5)15-18-32(35)38/h7,9-10,13-15,18,22,25,27,30-31,33,36H,6,8,11-12,16-17,19-21,23-24,26H2,1-5H3,(H,44,49)/t27-,30+,33+,36-/m0/s1. The van der Waals surface area contributed by atoms with Crippen LogP contribution in [0.4, 0.5) is 0 Å². The molecule has 2 saturated heterocycles. The van der Waals surface area contributed by atoms with Crippen LogP contribution in [0.5, 0.6) is 11.5 Å². The minimum atomic E-state index is -3.80. The Kier molecular flexibility index (Phi) is 12.2. The molecule has 4 atom stereocenters. The number of benzene rings is 2. The van der Waals surface area contributed by atoms with E-state index in [0.29, 0.717) is 48.6 Å². The molecule has 1 aromatic heterocycles. The zero-order valence-electron chi connectivity index (χ0n) is 32.6. The summed E-state index contributed by atoms with van der Waals surface area (Å²) < 4.78 is 39.6. The largest absolute Gasteiger partial charge is 0.497 e. The summed E-state index contributed by atoms with van der Waals surface area (Å²) in [5.74, 6) is -1.91. The van der Waals surface area contributed by atoms with Gasteiger partial charge in [0.15, 0.2) is 5.78 Å². The normalized spacial score (nSPS) is 20.2. The van der Waals surface area contributed by atoms with E-state index in [-0.39, 0.29) is 49.8 Å². The first-order chi connectivity index (χ1) is 26.2. The van der Waals surface area contributed by atoms with Gasteiger partial charge in [-0.3, -0.25) is 23.9 Å². The lowest BCUT2D eigenvalue weighted by atomic mass is 9.77. The van der Waals surface area contributed by atoms with Crippen LogP contribution in [0.1, 0.15) is 85.5 Å². The number of ether oxygens (including phenoxy) is 2. The van der Waals surface area contributed by atoms with E-state index in [1.54, 1.807) is 18.9 Å². The van der Waals surface area contributed by atoms with Crippen molar-refractivity contribution < 1.29 is 37.1 Å². The molecular weight excluding hydrogens is 721 g/mol. The Morgan fingerprint density at radius 3 is 2.31 bits per heavy atom. The van der Waals surface area contributed by atoms with Crippen molar-refractivity contribution in [3.63, 3.8) is 0 Å². The van der Waals surface area contributed by atoms with Crippen molar-refractivity contribution >= 4 is 44.4 Å². The highest BCUT2D eigenvalue weighted by Crippen LogP contribution is 2.38. The summed E-state index contributed by atoms with van der Waals surface area (Å²) in [6, 6.07) is 16.1. The third-order valence-electron chi connectivity index (χ3n) is 11.2. The van der Waals surface area contributed by atoms with Crippen LogP contribution in [-0.4, -0.2) is 90.8 Å². The molecule has 13 heteroatoms. The van der Waals surface area contributed by atoms with E-state index in [4.69, 9.17) is 14.5 Å². The maximum absolute atomic E-state index is 14.8. The van der Waals surface area contributed by atoms with E-state index in [1.165, 1.54) is 0 Å². The van der Waals surface area contributed by atoms with Crippen molar-refractivity contribution in [1.29, 1.82) is 0 Å². The van der Waals surface area contributed by atoms with Gasteiger partial charge in [0, 0.05) is 61.4 Å². The smallest absolute Gasteiger partial charge is 0.237 e. The number of carbonyl (C=O) groups excluding carboxylic acids is 4. The lowest BCUT2D eigenvalue weighted by molar-refractivity contribution is -0.148. The van der Waals surface area contributed by atoms with Gasteiger partial charge in [-0.1, -0.05) is 58.0 Å². The highest BCUT2D eigenvalue weighted by Gasteiger charge is 2.47. The predicted molar refractivity (Wildman–Crippen MR) is 210 cm³/mol. The Morgan fingerprint density at radius 1 is 0.964 bits per heavy atom. The van der Waals surface area contributed by atoms with Gasteiger partial charge in [0.1, 0.15) is 17.6 Å². The number of fused-ring (bicyclic) bond motifs is 1. The van der Waals surface area contributed by atoms with Gasteiger partial charge in [0.05, 0.1) is 42.1 Å². The molecule has 55 heavy (non-hydrogen) atoms. The van der Waals surface area contributed by atoms with E-state index < -0.39 is 50.6 Å². The first-order valence-corrected chi connectivity index (χ1v) is 21.1. The zero-order chi connectivity index (χ0) is 39.5. The summed E-state index contributed by atoms with van der Waals surface area (Å²) in [6.07, 6.45) is 3.48. The van der Waals surface area contributed by atoms with Crippen LogP contribution in [-0.2, 0) is 29.2 Å². The molecule has 0 radical (unpaired) electrons. The number of amides is 3. The van der Waals surface area contributed by atoms with Crippen molar-refractivity contribution in [3.05, 3.63) is 54.6 Å². The minimum Gasteiger partial charge on any atom is -0.497 e. The van der Waals surface area contributed by atoms with E-state index in [0.717, 1.165) is 30.2 Å². The number of Topliss-reactive ketones (excluding diaryl/α,β-unsaturated/α-hetero) is 1. The summed E-state index contributed by atoms with van der Waals surface area (Å²) in [5, 5.41) is 0.146. The lowest BCUT2D eigenvalue weighted by Gasteiger charge is -2.36. The molecule has 1 N–H and O–H groups in total. The number of carbonyl (C=O) groups is 4. The fourth-order valence-corrected chi connectivity index (χ4v) is 9.04. The number of rotatable bonds is 14. The number of pyridine rings is 1. The van der Waals surface area contributed by atoms with Crippen LogP contribution in [0.2, 0.25) is 0 Å². The number of nitrogens with one attached hydrogen (secondary N) is 1. The van der Waals surface area contributed by atoms with Gasteiger partial charge < -0.3 is 19.3 Å². The Balaban J connectivity index is 1.31. The summed E-state index contributed by atoms with van der Waals surface area (Å²) in [4.78, 5) is 64.2. The second kappa shape index (κ2) is 16.7. The molecule has 3 aromatic rings. The molecule has 0 spiro atoms. The SMILES string of the molecule is CC[C@@H](CC(=O)[C@@H]1C[C@@H](Oc2cc(-c3ccccc3)nc3cc(OC)ccc23)CN1C(=O)[C@@H](CC(=O)N1CCCCC1)C(C)(C)C)C(=O)NS(=O)(=O)C1CC1.